The number of nitrogens with zero attached hydrogens (tertiary/aromatic N) is 5. The van der Waals surface area contributed by atoms with Crippen LogP contribution >= 0.6 is 0 Å². The highest BCUT2D eigenvalue weighted by Gasteiger charge is 2.24. The molecule has 7 nitrogen and oxygen atoms in total. The van der Waals surface area contributed by atoms with Crippen LogP contribution in [-0.4, -0.2) is 44.1 Å². The van der Waals surface area contributed by atoms with Gasteiger partial charge in [-0.05, 0) is 38.1 Å². The molecule has 1 fully saturated rings. The molecular formula is C22H24N6O. The number of rotatable bonds is 6. The standard InChI is InChI=1S/C22H24N6O/c1-3-8-17(9-4-1)18-14-21(28-22(26-18)24-16-25-28)23-15-19(20-10-7-13-29-20)27-11-5-2-6-12-27/h1,3-4,7-10,13-14,16,19,23H,2,5-6,11-12,15H2. The largest absolute Gasteiger partial charge is 0.468 e. The summed E-state index contributed by atoms with van der Waals surface area (Å²) in [6, 6.07) is 16.4. The minimum atomic E-state index is 0.178. The quantitative estimate of drug-likeness (QED) is 0.538. The van der Waals surface area contributed by atoms with Crippen LogP contribution in [0.4, 0.5) is 5.82 Å². The van der Waals surface area contributed by atoms with Crippen molar-refractivity contribution >= 4 is 11.6 Å². The first-order valence-electron chi connectivity index (χ1n) is 10.2. The first-order chi connectivity index (χ1) is 14.4. The van der Waals surface area contributed by atoms with Crippen molar-refractivity contribution < 1.29 is 4.42 Å². The van der Waals surface area contributed by atoms with E-state index >= 15 is 0 Å². The molecule has 0 amide bonds. The minimum absolute atomic E-state index is 0.178. The highest BCUT2D eigenvalue weighted by Crippen LogP contribution is 2.27. The number of hydrogen-bond donors (Lipinski definition) is 1. The lowest BCUT2D eigenvalue weighted by Crippen LogP contribution is -2.37. The van der Waals surface area contributed by atoms with Crippen LogP contribution in [0.5, 0.6) is 0 Å². The Hall–Kier alpha value is -3.19. The predicted molar refractivity (Wildman–Crippen MR) is 112 cm³/mol. The maximum absolute atomic E-state index is 5.77. The summed E-state index contributed by atoms with van der Waals surface area (Å²) in [5.74, 6) is 2.45. The van der Waals surface area contributed by atoms with Gasteiger partial charge in [-0.1, -0.05) is 36.8 Å². The van der Waals surface area contributed by atoms with Crippen LogP contribution in [0.1, 0.15) is 31.1 Å². The van der Waals surface area contributed by atoms with Crippen molar-refractivity contribution in [1.82, 2.24) is 24.5 Å². The normalized spacial score (nSPS) is 16.1. The monoisotopic (exact) mass is 388 g/mol. The Balaban J connectivity index is 1.45. The molecule has 0 saturated carbocycles. The molecule has 148 valence electrons. The van der Waals surface area contributed by atoms with E-state index in [1.165, 1.54) is 25.6 Å². The Morgan fingerprint density at radius 2 is 1.90 bits per heavy atom. The van der Waals surface area contributed by atoms with E-state index in [-0.39, 0.29) is 6.04 Å². The van der Waals surface area contributed by atoms with Gasteiger partial charge in [0.15, 0.2) is 0 Å². The van der Waals surface area contributed by atoms with Crippen molar-refractivity contribution in [3.8, 4) is 11.3 Å². The summed E-state index contributed by atoms with van der Waals surface area (Å²) in [5.41, 5.74) is 1.93. The van der Waals surface area contributed by atoms with Crippen LogP contribution in [0.2, 0.25) is 0 Å². The molecule has 3 aromatic heterocycles. The van der Waals surface area contributed by atoms with Crippen molar-refractivity contribution in [2.75, 3.05) is 25.0 Å². The Morgan fingerprint density at radius 3 is 2.69 bits per heavy atom. The SMILES string of the molecule is c1ccc(-c2cc(NCC(c3ccco3)N3CCCCC3)n3ncnc3n2)cc1. The van der Waals surface area contributed by atoms with Crippen molar-refractivity contribution in [3.63, 3.8) is 0 Å². The van der Waals surface area contributed by atoms with Crippen molar-refractivity contribution in [2.24, 2.45) is 0 Å². The zero-order chi connectivity index (χ0) is 19.5. The zero-order valence-electron chi connectivity index (χ0n) is 16.2. The first-order valence-corrected chi connectivity index (χ1v) is 10.2. The summed E-state index contributed by atoms with van der Waals surface area (Å²) in [5, 5.41) is 7.94. The summed E-state index contributed by atoms with van der Waals surface area (Å²) in [6.07, 6.45) is 7.06. The van der Waals surface area contributed by atoms with Gasteiger partial charge in [0, 0.05) is 18.2 Å². The Labute approximate surface area is 169 Å². The Bertz CT molecular complexity index is 1050. The molecule has 7 heteroatoms. The number of piperidine rings is 1. The zero-order valence-corrected chi connectivity index (χ0v) is 16.2. The summed E-state index contributed by atoms with van der Waals surface area (Å²) >= 11 is 0. The topological polar surface area (TPSA) is 71.5 Å². The molecule has 4 heterocycles. The van der Waals surface area contributed by atoms with E-state index in [1.807, 2.05) is 30.3 Å². The van der Waals surface area contributed by atoms with Crippen LogP contribution in [0.25, 0.3) is 17.0 Å². The summed E-state index contributed by atoms with van der Waals surface area (Å²) in [7, 11) is 0. The fourth-order valence-electron chi connectivity index (χ4n) is 4.02. The molecule has 1 aliphatic rings. The second kappa shape index (κ2) is 8.05. The number of aromatic nitrogens is 4. The molecule has 1 atom stereocenters. The number of likely N-dealkylation sites (tertiary alicyclic amines) is 1. The van der Waals surface area contributed by atoms with Crippen molar-refractivity contribution in [3.05, 3.63) is 66.9 Å². The molecule has 5 rings (SSSR count). The van der Waals surface area contributed by atoms with Gasteiger partial charge in [-0.3, -0.25) is 4.90 Å². The highest BCUT2D eigenvalue weighted by atomic mass is 16.3. The third-order valence-electron chi connectivity index (χ3n) is 5.50. The number of anilines is 1. The van der Waals surface area contributed by atoms with E-state index in [1.54, 1.807) is 10.8 Å². The predicted octanol–water partition coefficient (Wildman–Crippen LogP) is 4.02. The molecule has 1 aromatic carbocycles. The molecular weight excluding hydrogens is 364 g/mol. The van der Waals surface area contributed by atoms with Crippen LogP contribution in [0.15, 0.2) is 65.5 Å². The fraction of sp³-hybridized carbons (Fsp3) is 0.318. The molecule has 0 radical (unpaired) electrons. The van der Waals surface area contributed by atoms with Crippen LogP contribution in [0, 0.1) is 0 Å². The van der Waals surface area contributed by atoms with Gasteiger partial charge in [0.25, 0.3) is 5.78 Å². The van der Waals surface area contributed by atoms with Crippen molar-refractivity contribution in [1.29, 1.82) is 0 Å². The Kier molecular flexibility index (Phi) is 4.96. The number of benzene rings is 1. The van der Waals surface area contributed by atoms with Gasteiger partial charge in [-0.15, -0.1) is 0 Å². The van der Waals surface area contributed by atoms with Gasteiger partial charge in [-0.25, -0.2) is 4.98 Å². The van der Waals surface area contributed by atoms with E-state index < -0.39 is 0 Å². The van der Waals surface area contributed by atoms with Gasteiger partial charge in [0.05, 0.1) is 18.0 Å². The molecule has 0 bridgehead atoms. The molecule has 29 heavy (non-hydrogen) atoms. The smallest absolute Gasteiger partial charge is 0.254 e. The van der Waals surface area contributed by atoms with E-state index in [4.69, 9.17) is 4.42 Å². The average Bonchev–Trinajstić information content (AvgIpc) is 3.47. The molecule has 1 unspecified atom stereocenters. The fourth-order valence-corrected chi connectivity index (χ4v) is 4.02. The second-order valence-electron chi connectivity index (χ2n) is 7.37. The number of nitrogens with one attached hydrogen (secondary N) is 1. The molecule has 0 spiro atoms. The van der Waals surface area contributed by atoms with Crippen LogP contribution in [-0.2, 0) is 0 Å². The number of fused-ring (bicyclic) bond motifs is 1. The molecule has 1 saturated heterocycles. The van der Waals surface area contributed by atoms with Gasteiger partial charge in [0.2, 0.25) is 0 Å². The lowest BCUT2D eigenvalue weighted by Gasteiger charge is -2.33. The summed E-state index contributed by atoms with van der Waals surface area (Å²) in [6.45, 7) is 2.91. The summed E-state index contributed by atoms with van der Waals surface area (Å²) < 4.78 is 7.53. The van der Waals surface area contributed by atoms with Crippen LogP contribution in [0.3, 0.4) is 0 Å². The molecule has 0 aliphatic carbocycles. The number of furan rings is 1. The molecule has 1 aliphatic heterocycles. The lowest BCUT2D eigenvalue weighted by molar-refractivity contribution is 0.152. The summed E-state index contributed by atoms with van der Waals surface area (Å²) in [4.78, 5) is 11.5. The van der Waals surface area contributed by atoms with E-state index in [2.05, 4.69) is 43.5 Å². The lowest BCUT2D eigenvalue weighted by atomic mass is 10.1. The third kappa shape index (κ3) is 3.73. The molecule has 1 N–H and O–H groups in total. The van der Waals surface area contributed by atoms with Crippen molar-refractivity contribution in [2.45, 2.75) is 25.3 Å². The van der Waals surface area contributed by atoms with Gasteiger partial charge >= 0.3 is 0 Å². The van der Waals surface area contributed by atoms with E-state index in [9.17, 15) is 0 Å². The highest BCUT2D eigenvalue weighted by molar-refractivity contribution is 5.65. The minimum Gasteiger partial charge on any atom is -0.468 e. The maximum Gasteiger partial charge on any atom is 0.254 e. The first kappa shape index (κ1) is 17.9. The van der Waals surface area contributed by atoms with Gasteiger partial charge in [-0.2, -0.15) is 14.6 Å². The maximum atomic E-state index is 5.77. The van der Waals surface area contributed by atoms with Crippen LogP contribution < -0.4 is 5.32 Å². The second-order valence-corrected chi connectivity index (χ2v) is 7.37. The Morgan fingerprint density at radius 1 is 1.03 bits per heavy atom. The van der Waals surface area contributed by atoms with Gasteiger partial charge < -0.3 is 9.73 Å². The average molecular weight is 388 g/mol. The van der Waals surface area contributed by atoms with E-state index in [0.29, 0.717) is 5.78 Å². The number of hydrogen-bond acceptors (Lipinski definition) is 6. The van der Waals surface area contributed by atoms with E-state index in [0.717, 1.165) is 42.5 Å². The van der Waals surface area contributed by atoms with Gasteiger partial charge in [0.1, 0.15) is 17.9 Å². The molecule has 4 aromatic rings. The third-order valence-corrected chi connectivity index (χ3v) is 5.50.